The molecule has 2 heteroatoms. The van der Waals surface area contributed by atoms with E-state index in [-0.39, 0.29) is 0 Å². The van der Waals surface area contributed by atoms with Gasteiger partial charge in [0.05, 0.1) is 0 Å². The highest BCUT2D eigenvalue weighted by atomic mass is 79.9. The third-order valence-corrected chi connectivity index (χ3v) is 6.65. The zero-order valence-corrected chi connectivity index (χ0v) is 12.9. The van der Waals surface area contributed by atoms with Crippen LogP contribution in [0.1, 0.15) is 51.5 Å². The second-order valence-electron chi connectivity index (χ2n) is 6.87. The van der Waals surface area contributed by atoms with Crippen LogP contribution in [0.4, 0.5) is 0 Å². The van der Waals surface area contributed by atoms with Crippen LogP contribution in [-0.4, -0.2) is 5.11 Å². The van der Waals surface area contributed by atoms with E-state index in [1.54, 1.807) is 0 Å². The van der Waals surface area contributed by atoms with E-state index in [2.05, 4.69) is 42.8 Å². The van der Waals surface area contributed by atoms with Gasteiger partial charge in [0.15, 0.2) is 0 Å². The maximum atomic E-state index is 10.2. The van der Waals surface area contributed by atoms with Crippen molar-refractivity contribution in [2.45, 2.75) is 46.0 Å². The Bertz CT molecular complexity index is 494. The topological polar surface area (TPSA) is 20.2 Å². The van der Waals surface area contributed by atoms with Crippen molar-refractivity contribution in [3.8, 4) is 5.75 Å². The fraction of sp³-hybridized carbons (Fsp3) is 0.625. The molecule has 0 saturated heterocycles. The number of hydrogen-bond donors (Lipinski definition) is 1. The molecule has 18 heavy (non-hydrogen) atoms. The van der Waals surface area contributed by atoms with Gasteiger partial charge in [-0.05, 0) is 65.7 Å². The molecule has 0 radical (unpaired) electrons. The first-order chi connectivity index (χ1) is 8.36. The van der Waals surface area contributed by atoms with Gasteiger partial charge < -0.3 is 5.11 Å². The summed E-state index contributed by atoms with van der Waals surface area (Å²) in [5.74, 6) is 1.78. The zero-order chi connectivity index (χ0) is 13.1. The van der Waals surface area contributed by atoms with Gasteiger partial charge in [-0.1, -0.05) is 36.7 Å². The van der Waals surface area contributed by atoms with Crippen molar-refractivity contribution in [1.29, 1.82) is 0 Å². The molecular formula is C16H21BrO. The van der Waals surface area contributed by atoms with Crippen LogP contribution >= 0.6 is 15.9 Å². The van der Waals surface area contributed by atoms with Gasteiger partial charge in [-0.2, -0.15) is 0 Å². The third kappa shape index (κ3) is 1.44. The predicted octanol–water partition coefficient (Wildman–Crippen LogP) is 5.08. The molecule has 3 rings (SSSR count). The minimum atomic E-state index is 0.329. The van der Waals surface area contributed by atoms with Crippen LogP contribution in [0.2, 0.25) is 0 Å². The Morgan fingerprint density at radius 1 is 1.28 bits per heavy atom. The van der Waals surface area contributed by atoms with E-state index in [4.69, 9.17) is 0 Å². The summed E-state index contributed by atoms with van der Waals surface area (Å²) in [7, 11) is 0. The van der Waals surface area contributed by atoms with Crippen LogP contribution < -0.4 is 0 Å². The third-order valence-electron chi connectivity index (χ3n) is 6.16. The van der Waals surface area contributed by atoms with E-state index in [0.717, 1.165) is 16.0 Å². The highest BCUT2D eigenvalue weighted by Crippen LogP contribution is 2.71. The fourth-order valence-corrected chi connectivity index (χ4v) is 4.86. The number of phenols is 1. The Morgan fingerprint density at radius 3 is 2.56 bits per heavy atom. The van der Waals surface area contributed by atoms with Gasteiger partial charge in [-0.15, -0.1) is 0 Å². The monoisotopic (exact) mass is 308 g/mol. The normalized spacial score (nSPS) is 37.1. The SMILES string of the molecule is CC1(C)[C@H]2CC[C@]1(C)[C@H](c1cc(Br)ccc1O)C2. The van der Waals surface area contributed by atoms with Crippen LogP contribution in [0.3, 0.4) is 0 Å². The fourth-order valence-electron chi connectivity index (χ4n) is 4.48. The molecule has 2 bridgehead atoms. The Kier molecular flexibility index (Phi) is 2.61. The first-order valence-corrected chi connectivity index (χ1v) is 7.64. The number of aromatic hydroxyl groups is 1. The van der Waals surface area contributed by atoms with E-state index in [1.165, 1.54) is 19.3 Å². The van der Waals surface area contributed by atoms with Crippen molar-refractivity contribution in [2.75, 3.05) is 0 Å². The van der Waals surface area contributed by atoms with Crippen molar-refractivity contribution >= 4 is 15.9 Å². The van der Waals surface area contributed by atoms with Crippen LogP contribution in [-0.2, 0) is 0 Å². The quantitative estimate of drug-likeness (QED) is 0.766. The van der Waals surface area contributed by atoms with Crippen molar-refractivity contribution in [3.63, 3.8) is 0 Å². The van der Waals surface area contributed by atoms with Crippen molar-refractivity contribution in [2.24, 2.45) is 16.7 Å². The molecule has 0 unspecified atom stereocenters. The molecular weight excluding hydrogens is 288 g/mol. The number of phenolic OH excluding ortho intramolecular Hbond substituents is 1. The Hall–Kier alpha value is -0.500. The summed E-state index contributed by atoms with van der Waals surface area (Å²) in [6.07, 6.45) is 3.88. The molecule has 0 amide bonds. The second-order valence-corrected chi connectivity index (χ2v) is 7.78. The summed E-state index contributed by atoms with van der Waals surface area (Å²) >= 11 is 3.53. The van der Waals surface area contributed by atoms with Gasteiger partial charge in [0, 0.05) is 4.47 Å². The molecule has 2 aliphatic rings. The number of hydrogen-bond acceptors (Lipinski definition) is 1. The van der Waals surface area contributed by atoms with Crippen molar-refractivity contribution < 1.29 is 5.11 Å². The van der Waals surface area contributed by atoms with E-state index in [0.29, 0.717) is 22.5 Å². The maximum Gasteiger partial charge on any atom is 0.119 e. The van der Waals surface area contributed by atoms with Crippen LogP contribution in [0, 0.1) is 16.7 Å². The van der Waals surface area contributed by atoms with Crippen molar-refractivity contribution in [3.05, 3.63) is 28.2 Å². The molecule has 2 saturated carbocycles. The largest absolute Gasteiger partial charge is 0.508 e. The van der Waals surface area contributed by atoms with Gasteiger partial charge >= 0.3 is 0 Å². The van der Waals surface area contributed by atoms with E-state index >= 15 is 0 Å². The summed E-state index contributed by atoms with van der Waals surface area (Å²) in [5.41, 5.74) is 1.87. The molecule has 98 valence electrons. The van der Waals surface area contributed by atoms with Gasteiger partial charge in [-0.3, -0.25) is 0 Å². The van der Waals surface area contributed by atoms with Gasteiger partial charge in [0.2, 0.25) is 0 Å². The molecule has 0 aromatic heterocycles. The summed E-state index contributed by atoms with van der Waals surface area (Å²) in [5, 5.41) is 10.2. The lowest BCUT2D eigenvalue weighted by Crippen LogP contribution is -2.31. The Balaban J connectivity index is 2.07. The standard InChI is InChI=1S/C16H21BrO/c1-15(2)10-6-7-16(15,3)13(8-10)12-9-11(17)4-5-14(12)18/h4-5,9-10,13,18H,6-8H2,1-3H3/t10-,13-,16+/m0/s1. The van der Waals surface area contributed by atoms with E-state index in [1.807, 2.05) is 12.1 Å². The average Bonchev–Trinajstić information content (AvgIpc) is 2.64. The highest BCUT2D eigenvalue weighted by molar-refractivity contribution is 9.10. The number of benzene rings is 1. The lowest BCUT2D eigenvalue weighted by atomic mass is 9.65. The first-order valence-electron chi connectivity index (χ1n) is 6.84. The molecule has 3 atom stereocenters. The van der Waals surface area contributed by atoms with Gasteiger partial charge in [-0.25, -0.2) is 0 Å². The molecule has 1 aromatic rings. The molecule has 0 spiro atoms. The van der Waals surface area contributed by atoms with Crippen molar-refractivity contribution in [1.82, 2.24) is 0 Å². The Labute approximate surface area is 118 Å². The lowest BCUT2D eigenvalue weighted by Gasteiger charge is -2.39. The molecule has 1 nitrogen and oxygen atoms in total. The van der Waals surface area contributed by atoms with Crippen LogP contribution in [0.25, 0.3) is 0 Å². The molecule has 2 aliphatic carbocycles. The van der Waals surface area contributed by atoms with E-state index < -0.39 is 0 Å². The number of halogens is 1. The molecule has 2 fully saturated rings. The minimum absolute atomic E-state index is 0.329. The second kappa shape index (κ2) is 3.75. The molecule has 0 heterocycles. The molecule has 1 aromatic carbocycles. The Morgan fingerprint density at radius 2 is 2.00 bits per heavy atom. The highest BCUT2D eigenvalue weighted by Gasteiger charge is 2.61. The average molecular weight is 309 g/mol. The van der Waals surface area contributed by atoms with Gasteiger partial charge in [0.25, 0.3) is 0 Å². The molecule has 0 aliphatic heterocycles. The predicted molar refractivity (Wildman–Crippen MR) is 77.8 cm³/mol. The smallest absolute Gasteiger partial charge is 0.119 e. The summed E-state index contributed by atoms with van der Waals surface area (Å²) in [6, 6.07) is 5.85. The van der Waals surface area contributed by atoms with Crippen LogP contribution in [0.15, 0.2) is 22.7 Å². The summed E-state index contributed by atoms with van der Waals surface area (Å²) in [6.45, 7) is 7.25. The number of fused-ring (bicyclic) bond motifs is 2. The van der Waals surface area contributed by atoms with Gasteiger partial charge in [0.1, 0.15) is 5.75 Å². The summed E-state index contributed by atoms with van der Waals surface area (Å²) < 4.78 is 1.07. The first kappa shape index (κ1) is 12.5. The molecule has 1 N–H and O–H groups in total. The summed E-state index contributed by atoms with van der Waals surface area (Å²) in [4.78, 5) is 0. The zero-order valence-electron chi connectivity index (χ0n) is 11.3. The lowest BCUT2D eigenvalue weighted by molar-refractivity contribution is 0.133. The minimum Gasteiger partial charge on any atom is -0.508 e. The van der Waals surface area contributed by atoms with Crippen LogP contribution in [0.5, 0.6) is 5.75 Å². The maximum absolute atomic E-state index is 10.2. The van der Waals surface area contributed by atoms with E-state index in [9.17, 15) is 5.11 Å². The number of rotatable bonds is 1.